The number of nitrogens with zero attached hydrogens (tertiary/aromatic N) is 1. The number of carboxylic acids is 1. The summed E-state index contributed by atoms with van der Waals surface area (Å²) in [7, 11) is 0. The molecule has 1 unspecified atom stereocenters. The van der Waals surface area contributed by atoms with Crippen molar-refractivity contribution < 1.29 is 14.7 Å². The molecule has 1 aliphatic heterocycles. The van der Waals surface area contributed by atoms with Crippen molar-refractivity contribution in [3.63, 3.8) is 0 Å². The van der Waals surface area contributed by atoms with E-state index >= 15 is 0 Å². The third-order valence-electron chi connectivity index (χ3n) is 2.43. The minimum absolute atomic E-state index is 0.0378. The van der Waals surface area contributed by atoms with Crippen molar-refractivity contribution in [2.75, 3.05) is 12.4 Å². The van der Waals surface area contributed by atoms with Gasteiger partial charge in [-0.25, -0.2) is 4.79 Å². The lowest BCUT2D eigenvalue weighted by molar-refractivity contribution is -0.148. The minimum Gasteiger partial charge on any atom is -0.480 e. The first-order valence-corrected chi connectivity index (χ1v) is 5.15. The van der Waals surface area contributed by atoms with Crippen molar-refractivity contribution in [1.29, 1.82) is 0 Å². The molecule has 4 nitrogen and oxygen atoms in total. The summed E-state index contributed by atoms with van der Waals surface area (Å²) >= 11 is 5.63. The number of hydrogen-bond donors (Lipinski definition) is 1. The van der Waals surface area contributed by atoms with Crippen LogP contribution in [0.15, 0.2) is 0 Å². The molecule has 1 saturated heterocycles. The summed E-state index contributed by atoms with van der Waals surface area (Å²) in [6.45, 7) is 0.390. The molecule has 0 spiro atoms. The van der Waals surface area contributed by atoms with Crippen LogP contribution in [-0.2, 0) is 9.59 Å². The van der Waals surface area contributed by atoms with Crippen LogP contribution in [0.2, 0.25) is 0 Å². The number of halogens is 1. The van der Waals surface area contributed by atoms with Crippen molar-refractivity contribution in [3.8, 4) is 12.3 Å². The van der Waals surface area contributed by atoms with E-state index in [1.807, 2.05) is 0 Å². The average molecular weight is 230 g/mol. The number of carbonyl (C=O) groups is 2. The molecule has 0 bridgehead atoms. The third kappa shape index (κ3) is 2.63. The summed E-state index contributed by atoms with van der Waals surface area (Å²) in [5.41, 5.74) is 0. The summed E-state index contributed by atoms with van der Waals surface area (Å²) in [5.74, 6) is 1.44. The minimum atomic E-state index is -1.06. The van der Waals surface area contributed by atoms with E-state index in [0.29, 0.717) is 18.8 Å². The Balaban J connectivity index is 2.73. The maximum absolute atomic E-state index is 11.5. The van der Waals surface area contributed by atoms with Gasteiger partial charge in [-0.3, -0.25) is 4.79 Å². The molecular weight excluding hydrogens is 218 g/mol. The molecular formula is C10H12ClNO3. The van der Waals surface area contributed by atoms with Gasteiger partial charge in [0.2, 0.25) is 5.91 Å². The molecule has 1 fully saturated rings. The van der Waals surface area contributed by atoms with Crippen LogP contribution < -0.4 is 0 Å². The molecule has 0 aliphatic carbocycles. The van der Waals surface area contributed by atoms with Gasteiger partial charge in [-0.2, -0.15) is 0 Å². The van der Waals surface area contributed by atoms with Crippen LogP contribution in [0.3, 0.4) is 0 Å². The highest BCUT2D eigenvalue weighted by atomic mass is 35.5. The highest BCUT2D eigenvalue weighted by Gasteiger charge is 2.36. The fourth-order valence-corrected chi connectivity index (χ4v) is 1.86. The number of carboxylic acid groups (broad SMARTS) is 1. The largest absolute Gasteiger partial charge is 0.480 e. The van der Waals surface area contributed by atoms with E-state index in [1.54, 1.807) is 0 Å². The second kappa shape index (κ2) is 5.04. The van der Waals surface area contributed by atoms with Gasteiger partial charge in [0.1, 0.15) is 6.04 Å². The highest BCUT2D eigenvalue weighted by Crippen LogP contribution is 2.22. The number of aliphatic carboxylic acids is 1. The van der Waals surface area contributed by atoms with Gasteiger partial charge < -0.3 is 10.0 Å². The van der Waals surface area contributed by atoms with E-state index in [9.17, 15) is 9.59 Å². The van der Waals surface area contributed by atoms with Crippen molar-refractivity contribution in [2.24, 2.45) is 5.92 Å². The molecule has 0 aromatic heterocycles. The second-order valence-electron chi connectivity index (χ2n) is 3.53. The summed E-state index contributed by atoms with van der Waals surface area (Å²) in [6, 6.07) is -0.907. The Bertz CT molecular complexity index is 310. The van der Waals surface area contributed by atoms with Gasteiger partial charge in [-0.15, -0.1) is 23.9 Å². The van der Waals surface area contributed by atoms with Crippen LogP contribution in [0.1, 0.15) is 12.8 Å². The lowest BCUT2D eigenvalue weighted by atomic mass is 10.1. The van der Waals surface area contributed by atoms with Crippen LogP contribution in [-0.4, -0.2) is 40.3 Å². The van der Waals surface area contributed by atoms with Gasteiger partial charge in [-0.1, -0.05) is 0 Å². The number of carbonyl (C=O) groups excluding carboxylic acids is 1. The van der Waals surface area contributed by atoms with Gasteiger partial charge in [-0.05, 0) is 5.92 Å². The zero-order chi connectivity index (χ0) is 11.4. The molecule has 2 atom stereocenters. The van der Waals surface area contributed by atoms with Gasteiger partial charge >= 0.3 is 5.97 Å². The molecule has 0 aromatic rings. The Morgan fingerprint density at radius 3 is 2.87 bits per heavy atom. The first kappa shape index (κ1) is 11.9. The van der Waals surface area contributed by atoms with Crippen molar-refractivity contribution in [2.45, 2.75) is 18.9 Å². The number of hydrogen-bond acceptors (Lipinski definition) is 2. The fraction of sp³-hybridized carbons (Fsp3) is 0.600. The normalized spacial score (nSPS) is 22.5. The zero-order valence-electron chi connectivity index (χ0n) is 8.15. The molecule has 1 heterocycles. The summed E-state index contributed by atoms with van der Waals surface area (Å²) in [6.07, 6.45) is 5.43. The van der Waals surface area contributed by atoms with Crippen LogP contribution in [0.4, 0.5) is 0 Å². The highest BCUT2D eigenvalue weighted by molar-refractivity contribution is 6.18. The molecule has 1 N–H and O–H groups in total. The van der Waals surface area contributed by atoms with Gasteiger partial charge in [0.25, 0.3) is 0 Å². The molecule has 1 aliphatic rings. The van der Waals surface area contributed by atoms with E-state index in [0.717, 1.165) is 0 Å². The number of amides is 1. The maximum atomic E-state index is 11.5. The molecule has 82 valence electrons. The zero-order valence-corrected chi connectivity index (χ0v) is 8.91. The number of alkyl halides is 1. The van der Waals surface area contributed by atoms with E-state index in [-0.39, 0.29) is 18.2 Å². The van der Waals surface area contributed by atoms with E-state index in [1.165, 1.54) is 4.90 Å². The van der Waals surface area contributed by atoms with E-state index in [4.69, 9.17) is 23.1 Å². The number of likely N-dealkylation sites (tertiary alicyclic amines) is 1. The SMILES string of the molecule is C#CC[C@@H](C(=O)O)N1CC(CCl)CC1=O. The fourth-order valence-electron chi connectivity index (χ4n) is 1.66. The summed E-state index contributed by atoms with van der Waals surface area (Å²) < 4.78 is 0. The molecule has 15 heavy (non-hydrogen) atoms. The van der Waals surface area contributed by atoms with Crippen molar-refractivity contribution in [1.82, 2.24) is 4.90 Å². The predicted octanol–water partition coefficient (Wildman–Crippen LogP) is 0.550. The molecule has 5 heteroatoms. The predicted molar refractivity (Wildman–Crippen MR) is 55.4 cm³/mol. The first-order chi connectivity index (χ1) is 7.10. The van der Waals surface area contributed by atoms with Crippen LogP contribution in [0.25, 0.3) is 0 Å². The maximum Gasteiger partial charge on any atom is 0.327 e. The lowest BCUT2D eigenvalue weighted by Crippen LogP contribution is -2.42. The van der Waals surface area contributed by atoms with Crippen LogP contribution in [0, 0.1) is 18.3 Å². The van der Waals surface area contributed by atoms with Crippen LogP contribution >= 0.6 is 11.6 Å². The summed E-state index contributed by atoms with van der Waals surface area (Å²) in [5, 5.41) is 8.92. The topological polar surface area (TPSA) is 57.6 Å². The number of rotatable bonds is 4. The molecule has 1 rings (SSSR count). The Hall–Kier alpha value is -1.21. The Morgan fingerprint density at radius 2 is 2.47 bits per heavy atom. The van der Waals surface area contributed by atoms with Gasteiger partial charge in [0.15, 0.2) is 0 Å². The smallest absolute Gasteiger partial charge is 0.327 e. The monoisotopic (exact) mass is 229 g/mol. The Kier molecular flexibility index (Phi) is 3.98. The van der Waals surface area contributed by atoms with Gasteiger partial charge in [0.05, 0.1) is 0 Å². The molecule has 0 radical (unpaired) electrons. The molecule has 1 amide bonds. The lowest BCUT2D eigenvalue weighted by Gasteiger charge is -2.22. The third-order valence-corrected chi connectivity index (χ3v) is 2.87. The van der Waals surface area contributed by atoms with Gasteiger partial charge in [0, 0.05) is 25.3 Å². The molecule has 0 saturated carbocycles. The van der Waals surface area contributed by atoms with E-state index in [2.05, 4.69) is 5.92 Å². The van der Waals surface area contributed by atoms with Crippen molar-refractivity contribution in [3.05, 3.63) is 0 Å². The molecule has 0 aromatic carbocycles. The quantitative estimate of drug-likeness (QED) is 0.566. The van der Waals surface area contributed by atoms with E-state index < -0.39 is 12.0 Å². The Labute approximate surface area is 93.2 Å². The first-order valence-electron chi connectivity index (χ1n) is 4.61. The standard InChI is InChI=1S/C10H12ClNO3/c1-2-3-8(10(14)15)12-6-7(5-11)4-9(12)13/h1,7-8H,3-6H2,(H,14,15)/t7?,8-/m0/s1. The van der Waals surface area contributed by atoms with Crippen LogP contribution in [0.5, 0.6) is 0 Å². The van der Waals surface area contributed by atoms with Crippen molar-refractivity contribution >= 4 is 23.5 Å². The Morgan fingerprint density at radius 1 is 1.80 bits per heavy atom. The average Bonchev–Trinajstić information content (AvgIpc) is 2.55. The summed E-state index contributed by atoms with van der Waals surface area (Å²) in [4.78, 5) is 23.7. The second-order valence-corrected chi connectivity index (χ2v) is 3.84. The number of terminal acetylenes is 1.